The first-order chi connectivity index (χ1) is 14.0. The first kappa shape index (κ1) is 20.0. The molecule has 3 aromatic rings. The normalized spacial score (nSPS) is 11.4. The van der Waals surface area contributed by atoms with E-state index in [1.54, 1.807) is 12.3 Å². The molecule has 0 fully saturated rings. The van der Waals surface area contributed by atoms with E-state index < -0.39 is 0 Å². The van der Waals surface area contributed by atoms with Crippen LogP contribution in [0.15, 0.2) is 54.7 Å². The molecule has 29 heavy (non-hydrogen) atoms. The summed E-state index contributed by atoms with van der Waals surface area (Å²) in [5, 5.41) is 16.7. The Hall–Kier alpha value is -3.74. The minimum Gasteiger partial charge on any atom is -0.353 e. The molecular formula is C22H24N6O. The van der Waals surface area contributed by atoms with Gasteiger partial charge in [-0.15, -0.1) is 0 Å². The van der Waals surface area contributed by atoms with Crippen LogP contribution >= 0.6 is 0 Å². The SMILES string of the molecule is Cc1cc(Nc2c(C=N)cc(NC(=O)N[C@H](C)c3ccccc3)nc2C)ccn1. The monoisotopic (exact) mass is 388 g/mol. The summed E-state index contributed by atoms with van der Waals surface area (Å²) in [5.74, 6) is 0.384. The summed E-state index contributed by atoms with van der Waals surface area (Å²) < 4.78 is 0. The van der Waals surface area contributed by atoms with Gasteiger partial charge in [0.25, 0.3) is 0 Å². The predicted molar refractivity (Wildman–Crippen MR) is 116 cm³/mol. The second kappa shape index (κ2) is 8.97. The van der Waals surface area contributed by atoms with Gasteiger partial charge in [0.05, 0.1) is 17.4 Å². The molecule has 2 amide bonds. The number of anilines is 3. The third kappa shape index (κ3) is 5.16. The van der Waals surface area contributed by atoms with Gasteiger partial charge in [-0.25, -0.2) is 9.78 Å². The highest BCUT2D eigenvalue weighted by Crippen LogP contribution is 2.25. The van der Waals surface area contributed by atoms with Gasteiger partial charge in [0, 0.05) is 29.4 Å². The molecule has 2 heterocycles. The van der Waals surface area contributed by atoms with Gasteiger partial charge in [-0.1, -0.05) is 30.3 Å². The molecule has 1 aromatic carbocycles. The van der Waals surface area contributed by atoms with E-state index in [-0.39, 0.29) is 12.1 Å². The van der Waals surface area contributed by atoms with Gasteiger partial charge in [0.15, 0.2) is 0 Å². The number of nitrogens with zero attached hydrogens (tertiary/aromatic N) is 2. The Morgan fingerprint density at radius 2 is 1.90 bits per heavy atom. The fourth-order valence-corrected chi connectivity index (χ4v) is 2.98. The molecule has 0 aliphatic carbocycles. The average Bonchev–Trinajstić information content (AvgIpc) is 2.70. The quantitative estimate of drug-likeness (QED) is 0.459. The highest BCUT2D eigenvalue weighted by molar-refractivity contribution is 5.93. The molecule has 0 spiro atoms. The lowest BCUT2D eigenvalue weighted by atomic mass is 10.1. The zero-order valence-electron chi connectivity index (χ0n) is 16.7. The van der Waals surface area contributed by atoms with Crippen LogP contribution in [-0.2, 0) is 0 Å². The predicted octanol–water partition coefficient (Wildman–Crippen LogP) is 4.72. The van der Waals surface area contributed by atoms with Gasteiger partial charge in [0.2, 0.25) is 0 Å². The highest BCUT2D eigenvalue weighted by atomic mass is 16.2. The van der Waals surface area contributed by atoms with Crippen molar-refractivity contribution in [1.29, 1.82) is 5.41 Å². The van der Waals surface area contributed by atoms with Gasteiger partial charge in [-0.2, -0.15) is 0 Å². The van der Waals surface area contributed by atoms with Crippen molar-refractivity contribution >= 4 is 29.4 Å². The van der Waals surface area contributed by atoms with Gasteiger partial charge >= 0.3 is 6.03 Å². The maximum absolute atomic E-state index is 12.4. The van der Waals surface area contributed by atoms with E-state index >= 15 is 0 Å². The molecule has 1 atom stereocenters. The van der Waals surface area contributed by atoms with Crippen molar-refractivity contribution < 1.29 is 4.79 Å². The van der Waals surface area contributed by atoms with Crippen molar-refractivity contribution in [2.45, 2.75) is 26.8 Å². The van der Waals surface area contributed by atoms with Crippen molar-refractivity contribution in [2.24, 2.45) is 0 Å². The number of amides is 2. The molecule has 0 aliphatic rings. The van der Waals surface area contributed by atoms with Crippen LogP contribution in [0.1, 0.15) is 35.5 Å². The van der Waals surface area contributed by atoms with Crippen molar-refractivity contribution in [1.82, 2.24) is 15.3 Å². The second-order valence-electron chi connectivity index (χ2n) is 6.74. The van der Waals surface area contributed by atoms with Crippen LogP contribution in [0, 0.1) is 19.3 Å². The Morgan fingerprint density at radius 3 is 2.59 bits per heavy atom. The third-order valence-electron chi connectivity index (χ3n) is 4.44. The van der Waals surface area contributed by atoms with Crippen LogP contribution in [0.3, 0.4) is 0 Å². The average molecular weight is 388 g/mol. The number of pyridine rings is 2. The van der Waals surface area contributed by atoms with E-state index in [0.717, 1.165) is 16.9 Å². The van der Waals surface area contributed by atoms with E-state index in [1.807, 2.05) is 63.2 Å². The molecule has 4 N–H and O–H groups in total. The summed E-state index contributed by atoms with van der Waals surface area (Å²) in [5.41, 5.74) is 4.78. The van der Waals surface area contributed by atoms with Crippen LogP contribution in [0.5, 0.6) is 0 Å². The number of aryl methyl sites for hydroxylation is 2. The largest absolute Gasteiger partial charge is 0.353 e. The number of benzene rings is 1. The molecular weight excluding hydrogens is 364 g/mol. The molecule has 3 rings (SSSR count). The molecule has 7 heteroatoms. The van der Waals surface area contributed by atoms with Crippen LogP contribution in [0.4, 0.5) is 22.0 Å². The smallest absolute Gasteiger partial charge is 0.320 e. The lowest BCUT2D eigenvalue weighted by Crippen LogP contribution is -2.31. The van der Waals surface area contributed by atoms with Gasteiger partial charge in [-0.3, -0.25) is 10.3 Å². The molecule has 0 saturated heterocycles. The first-order valence-electron chi connectivity index (χ1n) is 9.30. The minimum absolute atomic E-state index is 0.143. The number of urea groups is 1. The summed E-state index contributed by atoms with van der Waals surface area (Å²) in [6.45, 7) is 5.66. The summed E-state index contributed by atoms with van der Waals surface area (Å²) in [4.78, 5) is 21.0. The molecule has 148 valence electrons. The Morgan fingerprint density at radius 1 is 1.14 bits per heavy atom. The topological polar surface area (TPSA) is 103 Å². The van der Waals surface area contributed by atoms with E-state index in [4.69, 9.17) is 5.41 Å². The number of aromatic nitrogens is 2. The Kier molecular flexibility index (Phi) is 6.19. The number of rotatable bonds is 6. The van der Waals surface area contributed by atoms with Crippen molar-refractivity contribution in [3.05, 3.63) is 77.2 Å². The standard InChI is InChI=1S/C22H24N6O/c1-14-11-19(9-10-24-14)27-21-16(3)25-20(12-18(21)13-23)28-22(29)26-15(2)17-7-5-4-6-8-17/h4-13,15,23H,1-3H3,(H,24,27)(H2,25,26,28,29)/t15-/m1/s1. The molecule has 0 bridgehead atoms. The van der Waals surface area contributed by atoms with E-state index in [2.05, 4.69) is 25.9 Å². The van der Waals surface area contributed by atoms with Crippen LogP contribution in [0.25, 0.3) is 0 Å². The van der Waals surface area contributed by atoms with Crippen LogP contribution in [0.2, 0.25) is 0 Å². The number of hydrogen-bond acceptors (Lipinski definition) is 5. The third-order valence-corrected chi connectivity index (χ3v) is 4.44. The summed E-state index contributed by atoms with van der Waals surface area (Å²) in [7, 11) is 0. The maximum atomic E-state index is 12.4. The molecule has 0 aliphatic heterocycles. The van der Waals surface area contributed by atoms with Crippen molar-refractivity contribution in [3.63, 3.8) is 0 Å². The maximum Gasteiger partial charge on any atom is 0.320 e. The van der Waals surface area contributed by atoms with Gasteiger partial charge in [0.1, 0.15) is 5.82 Å². The highest BCUT2D eigenvalue weighted by Gasteiger charge is 2.13. The van der Waals surface area contributed by atoms with Crippen LogP contribution < -0.4 is 16.0 Å². The summed E-state index contributed by atoms with van der Waals surface area (Å²) in [6.07, 6.45) is 2.96. The summed E-state index contributed by atoms with van der Waals surface area (Å²) in [6, 6.07) is 14.7. The Balaban J connectivity index is 1.74. The lowest BCUT2D eigenvalue weighted by Gasteiger charge is -2.17. The number of nitrogens with one attached hydrogen (secondary N) is 4. The van der Waals surface area contributed by atoms with Gasteiger partial charge in [-0.05, 0) is 44.5 Å². The fraction of sp³-hybridized carbons (Fsp3) is 0.182. The molecule has 0 saturated carbocycles. The number of carbonyl (C=O) groups excluding carboxylic acids is 1. The second-order valence-corrected chi connectivity index (χ2v) is 6.74. The first-order valence-corrected chi connectivity index (χ1v) is 9.30. The van der Waals surface area contributed by atoms with Crippen molar-refractivity contribution in [3.8, 4) is 0 Å². The fourth-order valence-electron chi connectivity index (χ4n) is 2.98. The number of carbonyl (C=O) groups is 1. The summed E-state index contributed by atoms with van der Waals surface area (Å²) >= 11 is 0. The lowest BCUT2D eigenvalue weighted by molar-refractivity contribution is 0.249. The van der Waals surface area contributed by atoms with Gasteiger partial charge < -0.3 is 16.0 Å². The molecule has 0 radical (unpaired) electrons. The molecule has 7 nitrogen and oxygen atoms in total. The molecule has 2 aromatic heterocycles. The van der Waals surface area contributed by atoms with Crippen molar-refractivity contribution in [2.75, 3.05) is 10.6 Å². The minimum atomic E-state index is -0.352. The van der Waals surface area contributed by atoms with Crippen LogP contribution in [-0.4, -0.2) is 22.2 Å². The van der Waals surface area contributed by atoms with E-state index in [1.165, 1.54) is 6.21 Å². The Bertz CT molecular complexity index is 1020. The zero-order chi connectivity index (χ0) is 20.8. The Labute approximate surface area is 170 Å². The number of hydrogen-bond donors (Lipinski definition) is 4. The molecule has 0 unspecified atom stereocenters. The van der Waals surface area contributed by atoms with E-state index in [0.29, 0.717) is 22.8 Å². The van der Waals surface area contributed by atoms with E-state index in [9.17, 15) is 4.79 Å². The zero-order valence-corrected chi connectivity index (χ0v) is 16.7.